The fraction of sp³-hybridized carbons (Fsp3) is 0.946. The van der Waals surface area contributed by atoms with Gasteiger partial charge in [0.05, 0.1) is 12.2 Å². The summed E-state index contributed by atoms with van der Waals surface area (Å²) < 4.78 is 14.0. The second kappa shape index (κ2) is 28.9. The highest BCUT2D eigenvalue weighted by atomic mass is 16.6. The van der Waals surface area contributed by atoms with Crippen molar-refractivity contribution >= 4 is 11.9 Å². The topological polar surface area (TPSA) is 93.1 Å². The van der Waals surface area contributed by atoms with E-state index in [1.807, 2.05) is 0 Å². The van der Waals surface area contributed by atoms with E-state index in [4.69, 9.17) is 9.47 Å². The van der Waals surface area contributed by atoms with E-state index < -0.39 is 24.4 Å². The van der Waals surface area contributed by atoms with Crippen LogP contribution < -0.4 is 0 Å². The predicted octanol–water partition coefficient (Wildman–Crippen LogP) is 19.6. The molecule has 0 aliphatic heterocycles. The lowest BCUT2D eigenvalue weighted by Gasteiger charge is -2.64. The highest BCUT2D eigenvalue weighted by Gasteiger charge is 2.67. The van der Waals surface area contributed by atoms with Gasteiger partial charge in [-0.3, -0.25) is 4.79 Å². The first-order valence-electron chi connectivity index (χ1n) is 35.7. The Morgan fingerprint density at radius 2 is 0.975 bits per heavy atom. The number of rotatable bonds is 29. The van der Waals surface area contributed by atoms with Crippen LogP contribution in [-0.4, -0.2) is 46.6 Å². The van der Waals surface area contributed by atoms with Crippen LogP contribution in [0, 0.1) is 110 Å². The Bertz CT molecular complexity index is 1940. The molecule has 0 bridgehead atoms. The summed E-state index contributed by atoms with van der Waals surface area (Å²) in [6.45, 7) is 27.2. The van der Waals surface area contributed by atoms with Gasteiger partial charge in [-0.15, -0.1) is 0 Å². The van der Waals surface area contributed by atoms with Crippen LogP contribution in [0.4, 0.5) is 0 Å². The summed E-state index contributed by atoms with van der Waals surface area (Å²) in [5.41, 5.74) is 0.197. The molecule has 2 N–H and O–H groups in total. The molecule has 0 amide bonds. The Morgan fingerprint density at radius 1 is 0.500 bits per heavy atom. The molecule has 80 heavy (non-hydrogen) atoms. The van der Waals surface area contributed by atoms with Crippen LogP contribution in [0.2, 0.25) is 0 Å². The van der Waals surface area contributed by atoms with Gasteiger partial charge in [0.15, 0.2) is 0 Å². The number of hydrogen-bond acceptors (Lipinski definition) is 6. The van der Waals surface area contributed by atoms with Crippen LogP contribution in [0.5, 0.6) is 0 Å². The number of fused-ring (bicyclic) bond motifs is 10. The minimum atomic E-state index is -1.06. The van der Waals surface area contributed by atoms with E-state index >= 15 is 4.79 Å². The van der Waals surface area contributed by atoms with Crippen LogP contribution in [0.25, 0.3) is 0 Å². The van der Waals surface area contributed by atoms with E-state index in [1.54, 1.807) is 0 Å². The van der Waals surface area contributed by atoms with Gasteiger partial charge in [-0.25, -0.2) is 4.79 Å². The summed E-state index contributed by atoms with van der Waals surface area (Å²) in [5, 5.41) is 23.8. The Balaban J connectivity index is 0.992. The van der Waals surface area contributed by atoms with Gasteiger partial charge in [0.25, 0.3) is 0 Å². The molecule has 0 spiro atoms. The van der Waals surface area contributed by atoms with Gasteiger partial charge in [-0.1, -0.05) is 178 Å². The van der Waals surface area contributed by atoms with Crippen LogP contribution in [0.3, 0.4) is 0 Å². The lowest BCUT2D eigenvalue weighted by molar-refractivity contribution is -0.224. The molecule has 0 aromatic rings. The Kier molecular flexibility index (Phi) is 23.3. The number of carbonyl (C=O) groups excluding carboxylic acids is 2. The smallest absolute Gasteiger partial charge is 0.348 e. The van der Waals surface area contributed by atoms with Crippen molar-refractivity contribution in [2.75, 3.05) is 0 Å². The van der Waals surface area contributed by atoms with E-state index in [2.05, 4.69) is 88.3 Å². The summed E-state index contributed by atoms with van der Waals surface area (Å²) in [6.07, 6.45) is 43.4. The van der Waals surface area contributed by atoms with E-state index in [-0.39, 0.29) is 34.6 Å². The molecule has 0 radical (unpaired) electrons. The van der Waals surface area contributed by atoms with Crippen molar-refractivity contribution in [1.29, 1.82) is 0 Å². The Hall–Kier alpha value is -1.40. The summed E-state index contributed by atoms with van der Waals surface area (Å²) in [4.78, 5) is 30.5. The molecule has 0 aromatic carbocycles. The molecule has 8 rings (SSSR count). The average molecular weight is 1110 g/mol. The maximum atomic E-state index is 15.9. The third-order valence-corrected chi connectivity index (χ3v) is 26.7. The van der Waals surface area contributed by atoms with Crippen molar-refractivity contribution in [3.63, 3.8) is 0 Å². The molecule has 0 aromatic heterocycles. The molecular weight excluding hydrogens is 985 g/mol. The molecule has 0 heterocycles. The molecule has 21 atom stereocenters. The highest BCUT2D eigenvalue weighted by Crippen LogP contribution is 2.71. The van der Waals surface area contributed by atoms with Crippen molar-refractivity contribution in [2.24, 2.45) is 110 Å². The standard InChI is InChI=1S/C74H128O6/c1-12-13-14-15-16-17-18-19-20-21-22-23-24-25-26-33-68(77)80-69(66-48-56(75)46-54-34-36-58-62-40-38-60(52(6)31-27-29-50(2)3)71(62,8)44-42-64(58)73(54,66)10)70(78)79-67-49-57(76)47-55-35-37-59-63-41-39-61(53(7)32-28-30-51(4)5)72(63,9)45-43-65(59)74(55,67)11/h19-20,50-67,69,75-76H,12-18,21-49H2,1-11H3/b20-19-/t52-,53-,54-,55-,56+,57+,58-,59-,60-,61-,62+,63+,64+,65+,66?,67?,69?,71-,72-,73+,74+/m1/s1. The normalized spacial score (nSPS) is 40.6. The maximum Gasteiger partial charge on any atom is 0.348 e. The van der Waals surface area contributed by atoms with Crippen LogP contribution in [-0.2, 0) is 19.1 Å². The third-order valence-electron chi connectivity index (χ3n) is 26.7. The number of aliphatic hydroxyl groups excluding tert-OH is 2. The Morgan fingerprint density at radius 3 is 1.50 bits per heavy atom. The fourth-order valence-corrected chi connectivity index (χ4v) is 22.4. The summed E-state index contributed by atoms with van der Waals surface area (Å²) >= 11 is 0. The molecule has 6 heteroatoms. The summed E-state index contributed by atoms with van der Waals surface area (Å²) in [5.74, 6) is 7.63. The third kappa shape index (κ3) is 14.2. The number of allylic oxidation sites excluding steroid dienone is 2. The van der Waals surface area contributed by atoms with E-state index in [0.717, 1.165) is 93.3 Å². The van der Waals surface area contributed by atoms with Gasteiger partial charge in [-0.05, 0) is 228 Å². The van der Waals surface area contributed by atoms with Gasteiger partial charge >= 0.3 is 11.9 Å². The number of esters is 2. The van der Waals surface area contributed by atoms with E-state index in [9.17, 15) is 15.0 Å². The minimum Gasteiger partial charge on any atom is -0.459 e. The molecule has 6 nitrogen and oxygen atoms in total. The van der Waals surface area contributed by atoms with Crippen molar-refractivity contribution < 1.29 is 29.3 Å². The molecule has 8 aliphatic carbocycles. The Labute approximate surface area is 493 Å². The zero-order valence-electron chi connectivity index (χ0n) is 54.1. The second-order valence-electron chi connectivity index (χ2n) is 32.1. The first-order chi connectivity index (χ1) is 38.3. The van der Waals surface area contributed by atoms with Gasteiger partial charge in [-0.2, -0.15) is 0 Å². The van der Waals surface area contributed by atoms with E-state index in [0.29, 0.717) is 71.5 Å². The fourth-order valence-electron chi connectivity index (χ4n) is 22.4. The predicted molar refractivity (Wildman–Crippen MR) is 332 cm³/mol. The minimum absolute atomic E-state index is 0.244. The molecule has 8 aliphatic rings. The molecular formula is C74H128O6. The number of aliphatic hydroxyl groups is 2. The van der Waals surface area contributed by atoms with Gasteiger partial charge in [0.2, 0.25) is 6.10 Å². The first kappa shape index (κ1) is 64.6. The molecule has 460 valence electrons. The van der Waals surface area contributed by atoms with Gasteiger partial charge in [0.1, 0.15) is 6.10 Å². The largest absolute Gasteiger partial charge is 0.459 e. The lowest BCUT2D eigenvalue weighted by Crippen LogP contribution is -2.62. The van der Waals surface area contributed by atoms with Gasteiger partial charge in [0, 0.05) is 24.2 Å². The van der Waals surface area contributed by atoms with Gasteiger partial charge < -0.3 is 19.7 Å². The molecule has 8 saturated carbocycles. The summed E-state index contributed by atoms with van der Waals surface area (Å²) in [7, 11) is 0. The quantitative estimate of drug-likeness (QED) is 0.0440. The van der Waals surface area contributed by atoms with Crippen molar-refractivity contribution in [2.45, 2.75) is 332 Å². The second-order valence-corrected chi connectivity index (χ2v) is 32.1. The van der Waals surface area contributed by atoms with Crippen molar-refractivity contribution in [3.05, 3.63) is 12.2 Å². The van der Waals surface area contributed by atoms with Crippen LogP contribution in [0.15, 0.2) is 12.2 Å². The monoisotopic (exact) mass is 1110 g/mol. The van der Waals surface area contributed by atoms with Crippen LogP contribution >= 0.6 is 0 Å². The van der Waals surface area contributed by atoms with Crippen molar-refractivity contribution in [1.82, 2.24) is 0 Å². The first-order valence-corrected chi connectivity index (χ1v) is 35.7. The number of ether oxygens (including phenoxy) is 2. The SMILES string of the molecule is CCCCCCCC/C=C\CCCCCCCC(=O)OC(C(=O)OC1C[C@@H](O)C[C@H]2CC[C@@H]3[C@@H]4CC[C@H]([C@H](C)CCCC(C)C)[C@@]4(C)CC[C@@H]3[C@@]12C)C1C[C@@H](O)C[C@H]2CC[C@@H]3[C@@H]4CC[C@H]([C@H](C)CCCC(C)C)[C@@]4(C)CC[C@@H]3[C@@]12C. The lowest BCUT2D eigenvalue weighted by atomic mass is 9.41. The molecule has 0 saturated heterocycles. The average Bonchev–Trinajstić information content (AvgIpc) is 4.01. The zero-order chi connectivity index (χ0) is 57.4. The molecule has 3 unspecified atom stereocenters. The number of carbonyl (C=O) groups is 2. The highest BCUT2D eigenvalue weighted by molar-refractivity contribution is 5.80. The van der Waals surface area contributed by atoms with E-state index in [1.165, 1.54) is 154 Å². The number of hydrogen-bond donors (Lipinski definition) is 2. The van der Waals surface area contributed by atoms with Crippen LogP contribution in [0.1, 0.15) is 307 Å². The molecule has 8 fully saturated rings. The number of unbranched alkanes of at least 4 members (excludes halogenated alkanes) is 11. The zero-order valence-corrected chi connectivity index (χ0v) is 54.1. The van der Waals surface area contributed by atoms with Crippen molar-refractivity contribution in [3.8, 4) is 0 Å². The maximum absolute atomic E-state index is 15.9. The summed E-state index contributed by atoms with van der Waals surface area (Å²) in [6, 6.07) is 0.